The van der Waals surface area contributed by atoms with Crippen LogP contribution in [0.5, 0.6) is 0 Å². The number of ether oxygens (including phenoxy) is 2. The van der Waals surface area contributed by atoms with E-state index in [4.69, 9.17) is 32.7 Å². The summed E-state index contributed by atoms with van der Waals surface area (Å²) in [6.45, 7) is 0.307. The molecule has 1 atom stereocenters. The third kappa shape index (κ3) is 12.6. The van der Waals surface area contributed by atoms with Gasteiger partial charge in [-0.05, 0) is 79.8 Å². The summed E-state index contributed by atoms with van der Waals surface area (Å²) < 4.78 is 42.3. The van der Waals surface area contributed by atoms with Gasteiger partial charge in [0.2, 0.25) is 11.8 Å². The number of carbonyl (C=O) groups is 6. The maximum atomic E-state index is 14.5. The number of amides is 4. The molecule has 0 bridgehead atoms. The van der Waals surface area contributed by atoms with Crippen LogP contribution in [0.25, 0.3) is 23.4 Å². The van der Waals surface area contributed by atoms with Crippen LogP contribution in [-0.4, -0.2) is 105 Å². The second-order valence-corrected chi connectivity index (χ2v) is 19.9. The Labute approximate surface area is 458 Å². The van der Waals surface area contributed by atoms with E-state index in [2.05, 4.69) is 41.4 Å². The van der Waals surface area contributed by atoms with E-state index >= 15 is 0 Å². The molecule has 1 unspecified atom stereocenters. The monoisotopic (exact) mass is 1120 g/mol. The van der Waals surface area contributed by atoms with Crippen molar-refractivity contribution in [2.24, 2.45) is 5.92 Å². The number of aliphatic hydroxyl groups is 1. The summed E-state index contributed by atoms with van der Waals surface area (Å²) in [5.41, 5.74) is 3.21. The molecular weight excluding hydrogens is 1070 g/mol. The number of fused-ring (bicyclic) bond motifs is 2. The van der Waals surface area contributed by atoms with Gasteiger partial charge in [-0.25, -0.2) is 23.6 Å². The molecule has 21 nitrogen and oxygen atoms in total. The molecule has 2 aliphatic carbocycles. The highest BCUT2D eigenvalue weighted by Crippen LogP contribution is 2.33. The van der Waals surface area contributed by atoms with Gasteiger partial charge in [-0.3, -0.25) is 33.7 Å². The lowest BCUT2D eigenvalue weighted by atomic mass is 10.1. The SMILES string of the molecule is CC(CC(=O)OCc1ccccc1)C(=O)OCN1C(=O)C/C(=C\c2cnn3c(NC4CC4)cc(Nc4cc(Cl)ccc4F)nc23)C1=O.O=C1C/C(=C\c2cnn3c(NC4CC4)cc(Nc4cc(Cl)ccc4F)nc23)C(=O)N1CO. The Hall–Kier alpha value is -8.80. The fraction of sp³-hybridized carbons (Fsp3) is 0.259. The van der Waals surface area contributed by atoms with E-state index in [0.717, 1.165) is 41.0 Å². The normalized spacial score (nSPS) is 16.7. The van der Waals surface area contributed by atoms with Crippen molar-refractivity contribution >= 4 is 117 Å². The van der Waals surface area contributed by atoms with E-state index in [1.54, 1.807) is 21.2 Å². The number of anilines is 6. The van der Waals surface area contributed by atoms with Crippen molar-refractivity contribution in [3.05, 3.63) is 141 Å². The maximum Gasteiger partial charge on any atom is 0.310 e. The predicted molar refractivity (Wildman–Crippen MR) is 286 cm³/mol. The van der Waals surface area contributed by atoms with Gasteiger partial charge in [0.1, 0.15) is 48.2 Å². The topological polar surface area (TPSA) is 256 Å². The van der Waals surface area contributed by atoms with Gasteiger partial charge in [0.25, 0.3) is 11.8 Å². The number of rotatable bonds is 18. The van der Waals surface area contributed by atoms with Crippen LogP contribution in [0.1, 0.15) is 68.6 Å². The first-order valence-electron chi connectivity index (χ1n) is 24.9. The minimum absolute atomic E-state index is 0.0756. The average Bonchev–Trinajstić information content (AvgIpc) is 4.36. The van der Waals surface area contributed by atoms with Crippen molar-refractivity contribution in [3.63, 3.8) is 0 Å². The van der Waals surface area contributed by atoms with Gasteiger partial charge >= 0.3 is 11.9 Å². The number of benzene rings is 3. The number of nitrogens with one attached hydrogen (secondary N) is 4. The Bertz CT molecular complexity index is 3640. The second-order valence-electron chi connectivity index (χ2n) is 19.0. The Morgan fingerprint density at radius 1 is 0.709 bits per heavy atom. The standard InChI is InChI=1S/C33H30ClFN6O6.C21H18ClFN6O3/c1-19(11-30(43)46-17-20-5-3-2-4-6-20)33(45)47-18-40-29(42)13-21(32(40)44)12-22-16-36-41-28(37-24-8-9-24)15-27(39-31(22)41)38-26-14-23(34)7-10-25(26)35;22-13-1-4-15(23)16(7-13)26-17-8-18(25-14-2-3-14)29-20(27-17)12(9-24-29)5-11-6-19(31)28(10-30)21(11)32/h2-7,10,12,14-16,19,24,37H,8-9,11,13,17-18H2,1H3,(H,38,39);1,4-5,7-9,14,25,30H,2-3,6,10H2,(H,26,27)/b21-12+;11-5+. The number of nitrogens with zero attached hydrogens (tertiary/aromatic N) is 8. The number of aromatic nitrogens is 6. The number of hydrogen-bond acceptors (Lipinski definition) is 17. The smallest absolute Gasteiger partial charge is 0.310 e. The lowest BCUT2D eigenvalue weighted by Gasteiger charge is -2.16. The predicted octanol–water partition coefficient (Wildman–Crippen LogP) is 8.18. The van der Waals surface area contributed by atoms with Gasteiger partial charge in [-0.1, -0.05) is 60.5 Å². The quantitative estimate of drug-likeness (QED) is 0.0308. The van der Waals surface area contributed by atoms with E-state index in [1.165, 1.54) is 67.9 Å². The van der Waals surface area contributed by atoms with Crippen LogP contribution in [0.4, 0.5) is 43.4 Å². The number of likely N-dealkylation sites (tertiary alicyclic amines) is 2. The number of carbonyl (C=O) groups excluding carboxylic acids is 6. The molecule has 3 aromatic carbocycles. The van der Waals surface area contributed by atoms with Crippen LogP contribution in [0, 0.1) is 17.6 Å². The fourth-order valence-corrected chi connectivity index (χ4v) is 8.69. The first-order valence-corrected chi connectivity index (χ1v) is 25.7. The molecule has 7 aromatic rings. The molecule has 4 amide bonds. The van der Waals surface area contributed by atoms with Crippen molar-refractivity contribution in [2.45, 2.75) is 70.6 Å². The summed E-state index contributed by atoms with van der Waals surface area (Å²) in [6, 6.07) is 21.4. The summed E-state index contributed by atoms with van der Waals surface area (Å²) in [5, 5.41) is 31.4. The second kappa shape index (κ2) is 23.0. The van der Waals surface area contributed by atoms with E-state index in [9.17, 15) is 42.7 Å². The number of aliphatic hydroxyl groups excluding tert-OH is 1. The van der Waals surface area contributed by atoms with Crippen molar-refractivity contribution in [1.29, 1.82) is 0 Å². The third-order valence-corrected chi connectivity index (χ3v) is 13.3. The Balaban J connectivity index is 0.000000191. The van der Waals surface area contributed by atoms with Crippen LogP contribution in [0.15, 0.2) is 102 Å². The van der Waals surface area contributed by atoms with E-state index in [1.807, 2.05) is 30.3 Å². The van der Waals surface area contributed by atoms with Crippen LogP contribution < -0.4 is 21.3 Å². The van der Waals surface area contributed by atoms with Crippen molar-refractivity contribution < 1.29 is 52.1 Å². The average molecular weight is 1120 g/mol. The zero-order valence-electron chi connectivity index (χ0n) is 41.9. The van der Waals surface area contributed by atoms with Gasteiger partial charge in [0.15, 0.2) is 18.0 Å². The Kier molecular flexibility index (Phi) is 15.6. The molecule has 2 aliphatic heterocycles. The Morgan fingerprint density at radius 2 is 1.20 bits per heavy atom. The van der Waals surface area contributed by atoms with E-state index < -0.39 is 66.6 Å². The molecule has 0 radical (unpaired) electrons. The number of imide groups is 2. The molecule has 4 aromatic heterocycles. The summed E-state index contributed by atoms with van der Waals surface area (Å²) in [7, 11) is 0. The van der Waals surface area contributed by atoms with Gasteiger partial charge < -0.3 is 35.8 Å². The lowest BCUT2D eigenvalue weighted by molar-refractivity contribution is -0.161. The summed E-state index contributed by atoms with van der Waals surface area (Å²) >= 11 is 12.1. The van der Waals surface area contributed by atoms with E-state index in [0.29, 0.717) is 61.8 Å². The molecular formula is C54H48Cl2F2N12O9. The molecule has 2 saturated heterocycles. The Morgan fingerprint density at radius 3 is 1.68 bits per heavy atom. The number of halogens is 4. The van der Waals surface area contributed by atoms with Gasteiger partial charge in [-0.2, -0.15) is 19.2 Å². The van der Waals surface area contributed by atoms with Crippen LogP contribution >= 0.6 is 23.2 Å². The first-order chi connectivity index (χ1) is 38.1. The molecule has 5 N–H and O–H groups in total. The minimum atomic E-state index is -0.854. The summed E-state index contributed by atoms with van der Waals surface area (Å²) in [5.74, 6) is -3.48. The highest BCUT2D eigenvalue weighted by atomic mass is 35.5. The van der Waals surface area contributed by atoms with Crippen molar-refractivity contribution in [2.75, 3.05) is 34.7 Å². The zero-order chi connectivity index (χ0) is 55.5. The van der Waals surface area contributed by atoms with Gasteiger partial charge in [-0.15, -0.1) is 0 Å². The number of esters is 2. The molecule has 0 spiro atoms. The summed E-state index contributed by atoms with van der Waals surface area (Å²) in [6.07, 6.45) is 9.56. The minimum Gasteiger partial charge on any atom is -0.461 e. The van der Waals surface area contributed by atoms with Crippen molar-refractivity contribution in [3.8, 4) is 0 Å². The third-order valence-electron chi connectivity index (χ3n) is 12.8. The van der Waals surface area contributed by atoms with Crippen LogP contribution in [-0.2, 0) is 44.8 Å². The summed E-state index contributed by atoms with van der Waals surface area (Å²) in [4.78, 5) is 85.8. The van der Waals surface area contributed by atoms with Gasteiger partial charge in [0, 0.05) is 56.5 Å². The largest absolute Gasteiger partial charge is 0.461 e. The molecule has 4 fully saturated rings. The molecule has 406 valence electrons. The molecule has 2 saturated carbocycles. The fourth-order valence-electron chi connectivity index (χ4n) is 8.35. The van der Waals surface area contributed by atoms with Crippen LogP contribution in [0.3, 0.4) is 0 Å². The van der Waals surface area contributed by atoms with Crippen molar-refractivity contribution in [1.82, 2.24) is 39.0 Å². The number of hydrogen-bond donors (Lipinski definition) is 5. The first kappa shape index (κ1) is 53.6. The molecule has 11 rings (SSSR count). The van der Waals surface area contributed by atoms with Gasteiger partial charge in [0.05, 0.1) is 48.9 Å². The zero-order valence-corrected chi connectivity index (χ0v) is 43.4. The lowest BCUT2D eigenvalue weighted by Crippen LogP contribution is -2.34. The van der Waals surface area contributed by atoms with E-state index in [-0.39, 0.29) is 54.4 Å². The molecule has 4 aliphatic rings. The highest BCUT2D eigenvalue weighted by molar-refractivity contribution is 6.31. The highest BCUT2D eigenvalue weighted by Gasteiger charge is 2.36. The maximum absolute atomic E-state index is 14.5. The molecule has 79 heavy (non-hydrogen) atoms. The molecule has 6 heterocycles. The molecule has 25 heteroatoms. The van der Waals surface area contributed by atoms with Crippen LogP contribution in [0.2, 0.25) is 10.0 Å².